The number of benzene rings is 5. The average Bonchev–Trinajstić information content (AvgIpc) is 3.55. The van der Waals surface area contributed by atoms with Crippen molar-refractivity contribution in [3.05, 3.63) is 167 Å². The second kappa shape index (κ2) is 19.0. The minimum Gasteiger partial charge on any atom is -0.445 e. The van der Waals surface area contributed by atoms with Gasteiger partial charge < -0.3 is 33.7 Å². The number of amides is 1. The lowest BCUT2D eigenvalue weighted by Crippen LogP contribution is -2.65. The van der Waals surface area contributed by atoms with Crippen molar-refractivity contribution in [1.82, 2.24) is 5.32 Å². The Morgan fingerprint density at radius 1 is 0.636 bits per heavy atom. The second-order valence-corrected chi connectivity index (χ2v) is 14.7. The van der Waals surface area contributed by atoms with Gasteiger partial charge in [-0.25, -0.2) is 9.59 Å². The number of carbonyl (C=O) groups excluding carboxylic acids is 2. The number of ether oxygens (including phenoxy) is 6. The van der Waals surface area contributed by atoms with Gasteiger partial charge in [0.25, 0.3) is 0 Å². The number of nitrogens with one attached hydrogen (secondary N) is 1. The van der Waals surface area contributed by atoms with Crippen LogP contribution in [0.5, 0.6) is 0 Å². The Labute approximate surface area is 326 Å². The van der Waals surface area contributed by atoms with Crippen molar-refractivity contribution >= 4 is 24.0 Å². The third-order valence-corrected chi connectivity index (χ3v) is 10.8. The number of rotatable bonds is 15. The molecule has 1 amide bonds. The highest BCUT2D eigenvalue weighted by Gasteiger charge is 2.50. The fourth-order valence-corrected chi connectivity index (χ4v) is 8.09. The molecule has 0 spiro atoms. The molecule has 0 radical (unpaired) electrons. The first kappa shape index (κ1) is 38.2. The SMILES string of the molecule is CCS[C@@H]1O[C@H](COCc2ccccc2)C(OC(=O)OCC2c3ccccc3-c3ccccc32)[C@@H](OCc2ccccc2)[C@H]1NC(=O)OCc1ccccc1. The standard InChI is InChI=1S/C45H45NO8S/c1-2-55-43-40(46-44(47)51-28-33-20-10-5-11-21-33)42(50-27-32-18-8-4-9-19-32)41(39(53-43)30-49-26-31-16-6-3-7-17-31)54-45(48)52-29-38-36-24-14-12-22-34(36)35-23-13-15-25-37(35)38/h3-25,38-43H,2,26-30H2,1H3,(H,46,47)/t39-,40-,41?,42+,43+/m1/s1. The molecule has 0 aromatic heterocycles. The summed E-state index contributed by atoms with van der Waals surface area (Å²) in [6, 6.07) is 44.5. The molecule has 5 atom stereocenters. The van der Waals surface area contributed by atoms with E-state index in [1.54, 1.807) is 0 Å². The summed E-state index contributed by atoms with van der Waals surface area (Å²) in [5, 5.41) is 3.01. The summed E-state index contributed by atoms with van der Waals surface area (Å²) < 4.78 is 37.3. The number of carbonyl (C=O) groups is 2. The summed E-state index contributed by atoms with van der Waals surface area (Å²) in [5.41, 5.74) is 6.60. The Bertz CT molecular complexity index is 1940. The van der Waals surface area contributed by atoms with Crippen molar-refractivity contribution in [2.24, 2.45) is 0 Å². The van der Waals surface area contributed by atoms with E-state index in [1.807, 2.05) is 122 Å². The molecular formula is C45H45NO8S. The summed E-state index contributed by atoms with van der Waals surface area (Å²) in [6.07, 6.45) is -4.17. The Morgan fingerprint density at radius 2 is 1.18 bits per heavy atom. The maximum Gasteiger partial charge on any atom is 0.508 e. The maximum atomic E-state index is 13.8. The largest absolute Gasteiger partial charge is 0.508 e. The van der Waals surface area contributed by atoms with E-state index in [2.05, 4.69) is 29.6 Å². The van der Waals surface area contributed by atoms with Crippen molar-refractivity contribution < 1.29 is 38.0 Å². The van der Waals surface area contributed by atoms with Gasteiger partial charge in [0.05, 0.1) is 25.9 Å². The van der Waals surface area contributed by atoms with Crippen molar-refractivity contribution in [2.45, 2.75) is 62.5 Å². The van der Waals surface area contributed by atoms with Gasteiger partial charge in [-0.3, -0.25) is 0 Å². The lowest BCUT2D eigenvalue weighted by atomic mass is 9.97. The van der Waals surface area contributed by atoms with Gasteiger partial charge in [0.1, 0.15) is 30.9 Å². The Balaban J connectivity index is 1.14. The quantitative estimate of drug-likeness (QED) is 0.105. The Kier molecular flexibility index (Phi) is 13.1. The smallest absolute Gasteiger partial charge is 0.445 e. The van der Waals surface area contributed by atoms with E-state index in [-0.39, 0.29) is 32.3 Å². The van der Waals surface area contributed by atoms with Crippen LogP contribution in [-0.2, 0) is 48.2 Å². The number of fused-ring (bicyclic) bond motifs is 3. The molecule has 10 heteroatoms. The normalized spacial score (nSPS) is 20.2. The molecule has 1 aliphatic carbocycles. The molecular weight excluding hydrogens is 715 g/mol. The molecule has 0 saturated carbocycles. The van der Waals surface area contributed by atoms with Crippen LogP contribution in [0.4, 0.5) is 9.59 Å². The van der Waals surface area contributed by atoms with Gasteiger partial charge in [-0.2, -0.15) is 0 Å². The topological polar surface area (TPSA) is 102 Å². The first-order valence-electron chi connectivity index (χ1n) is 18.6. The van der Waals surface area contributed by atoms with Crippen molar-refractivity contribution in [2.75, 3.05) is 19.0 Å². The maximum absolute atomic E-state index is 13.8. The highest BCUT2D eigenvalue weighted by atomic mass is 32.2. The molecule has 2 aliphatic rings. The molecule has 9 nitrogen and oxygen atoms in total. The first-order chi connectivity index (χ1) is 27.1. The highest BCUT2D eigenvalue weighted by Crippen LogP contribution is 2.44. The number of alkyl carbamates (subject to hydrolysis) is 1. The molecule has 1 fully saturated rings. The van der Waals surface area contributed by atoms with Crippen LogP contribution in [0.2, 0.25) is 0 Å². The zero-order valence-corrected chi connectivity index (χ0v) is 31.5. The van der Waals surface area contributed by atoms with Crippen LogP contribution in [0.25, 0.3) is 11.1 Å². The van der Waals surface area contributed by atoms with Crippen LogP contribution < -0.4 is 5.32 Å². The predicted octanol–water partition coefficient (Wildman–Crippen LogP) is 8.90. The van der Waals surface area contributed by atoms with Crippen LogP contribution in [-0.4, -0.2) is 61.0 Å². The molecule has 1 aliphatic heterocycles. The lowest BCUT2D eigenvalue weighted by Gasteiger charge is -2.45. The van der Waals surface area contributed by atoms with E-state index in [0.717, 1.165) is 38.9 Å². The second-order valence-electron chi connectivity index (χ2n) is 13.4. The summed E-state index contributed by atoms with van der Waals surface area (Å²) in [7, 11) is 0. The molecule has 284 valence electrons. The van der Waals surface area contributed by atoms with Gasteiger partial charge >= 0.3 is 12.2 Å². The van der Waals surface area contributed by atoms with Gasteiger partial charge in [0, 0.05) is 5.92 Å². The highest BCUT2D eigenvalue weighted by molar-refractivity contribution is 7.99. The molecule has 1 N–H and O–H groups in total. The summed E-state index contributed by atoms with van der Waals surface area (Å²) in [6.45, 7) is 2.78. The molecule has 5 aromatic carbocycles. The number of hydrogen-bond donors (Lipinski definition) is 1. The van der Waals surface area contributed by atoms with Gasteiger partial charge in [-0.05, 0) is 44.7 Å². The number of thioether (sulfide) groups is 1. The van der Waals surface area contributed by atoms with Crippen molar-refractivity contribution in [3.8, 4) is 11.1 Å². The monoisotopic (exact) mass is 759 g/mol. The molecule has 7 rings (SSSR count). The molecule has 1 heterocycles. The Hall–Kier alpha value is -5.13. The van der Waals surface area contributed by atoms with E-state index in [9.17, 15) is 9.59 Å². The van der Waals surface area contributed by atoms with Gasteiger partial charge in [-0.15, -0.1) is 11.8 Å². The van der Waals surface area contributed by atoms with Crippen molar-refractivity contribution in [1.29, 1.82) is 0 Å². The van der Waals surface area contributed by atoms with E-state index < -0.39 is 42.0 Å². The third-order valence-electron chi connectivity index (χ3n) is 9.72. The fourth-order valence-electron chi connectivity index (χ4n) is 7.11. The summed E-state index contributed by atoms with van der Waals surface area (Å²) in [5.74, 6) is 0.528. The average molecular weight is 760 g/mol. The lowest BCUT2D eigenvalue weighted by molar-refractivity contribution is -0.200. The Morgan fingerprint density at radius 3 is 1.78 bits per heavy atom. The molecule has 1 saturated heterocycles. The minimum absolute atomic E-state index is 0.0763. The van der Waals surface area contributed by atoms with E-state index in [1.165, 1.54) is 11.8 Å². The predicted molar refractivity (Wildman–Crippen MR) is 211 cm³/mol. The van der Waals surface area contributed by atoms with Crippen LogP contribution >= 0.6 is 11.8 Å². The third kappa shape index (κ3) is 9.76. The molecule has 1 unspecified atom stereocenters. The fraction of sp³-hybridized carbons (Fsp3) is 0.289. The molecule has 0 bridgehead atoms. The van der Waals surface area contributed by atoms with Crippen LogP contribution in [0, 0.1) is 0 Å². The minimum atomic E-state index is -1.02. The summed E-state index contributed by atoms with van der Waals surface area (Å²) >= 11 is 1.51. The first-order valence-corrected chi connectivity index (χ1v) is 19.7. The molecule has 5 aromatic rings. The van der Waals surface area contributed by atoms with E-state index in [4.69, 9.17) is 28.4 Å². The zero-order chi connectivity index (χ0) is 37.8. The van der Waals surface area contributed by atoms with E-state index >= 15 is 0 Å². The van der Waals surface area contributed by atoms with Gasteiger partial charge in [-0.1, -0.05) is 146 Å². The van der Waals surface area contributed by atoms with Gasteiger partial charge in [0.15, 0.2) is 6.10 Å². The van der Waals surface area contributed by atoms with Gasteiger partial charge in [0.2, 0.25) is 0 Å². The van der Waals surface area contributed by atoms with Crippen LogP contribution in [0.1, 0.15) is 40.7 Å². The summed E-state index contributed by atoms with van der Waals surface area (Å²) in [4.78, 5) is 27.3. The van der Waals surface area contributed by atoms with E-state index in [0.29, 0.717) is 12.4 Å². The van der Waals surface area contributed by atoms with Crippen molar-refractivity contribution in [3.63, 3.8) is 0 Å². The number of hydrogen-bond acceptors (Lipinski definition) is 9. The van der Waals surface area contributed by atoms with Crippen LogP contribution in [0.15, 0.2) is 140 Å². The zero-order valence-electron chi connectivity index (χ0n) is 30.7. The van der Waals surface area contributed by atoms with Crippen LogP contribution in [0.3, 0.4) is 0 Å². The molecule has 55 heavy (non-hydrogen) atoms.